The number of fused-ring (bicyclic) bond motifs is 2. The lowest BCUT2D eigenvalue weighted by molar-refractivity contribution is -0.574. The van der Waals surface area contributed by atoms with Gasteiger partial charge >= 0.3 is 0 Å². The van der Waals surface area contributed by atoms with Crippen LogP contribution in [0, 0.1) is 20.8 Å². The number of aromatic nitrogens is 3. The summed E-state index contributed by atoms with van der Waals surface area (Å²) in [6.07, 6.45) is 0. The molecule has 5 aromatic rings. The van der Waals surface area contributed by atoms with E-state index in [-0.39, 0.29) is 5.41 Å². The Morgan fingerprint density at radius 1 is 0.727 bits per heavy atom. The zero-order valence-corrected chi connectivity index (χ0v) is 20.3. The molecule has 0 radical (unpaired) electrons. The van der Waals surface area contributed by atoms with Crippen LogP contribution in [0.25, 0.3) is 38.9 Å². The van der Waals surface area contributed by atoms with Gasteiger partial charge in [-0.1, -0.05) is 45.0 Å². The molecule has 3 nitrogen and oxygen atoms in total. The lowest BCUT2D eigenvalue weighted by Crippen LogP contribution is -2.36. The fourth-order valence-corrected chi connectivity index (χ4v) is 4.58. The number of pyridine rings is 1. The van der Waals surface area contributed by atoms with Gasteiger partial charge in [-0.2, -0.15) is 4.57 Å². The first kappa shape index (κ1) is 21.3. The molecule has 0 N–H and O–H groups in total. The molecule has 0 bridgehead atoms. The fourth-order valence-electron chi connectivity index (χ4n) is 4.58. The maximum Gasteiger partial charge on any atom is 0.218 e. The largest absolute Gasteiger partial charge is 0.249 e. The van der Waals surface area contributed by atoms with E-state index >= 15 is 0 Å². The van der Waals surface area contributed by atoms with E-state index in [4.69, 9.17) is 9.97 Å². The summed E-state index contributed by atoms with van der Waals surface area (Å²) in [6.45, 7) is 13.3. The van der Waals surface area contributed by atoms with E-state index < -0.39 is 0 Å². The standard InChI is InChI=1S/C30H30N3/c1-19-15-16-22-11-7-10-14-27(22)33(19)28-18-23(30(4,5)6)17-24(20(28)2)29-21(3)31-25-12-8-9-13-26(25)32-29/h7-18H,1-6H3/q+1. The van der Waals surface area contributed by atoms with Gasteiger partial charge in [0.05, 0.1) is 22.4 Å². The zero-order valence-electron chi connectivity index (χ0n) is 20.3. The Kier molecular flexibility index (Phi) is 5.01. The average molecular weight is 433 g/mol. The Hall–Kier alpha value is -3.59. The normalized spacial score (nSPS) is 11.9. The first-order valence-corrected chi connectivity index (χ1v) is 11.5. The highest BCUT2D eigenvalue weighted by Gasteiger charge is 2.26. The van der Waals surface area contributed by atoms with Gasteiger partial charge in [-0.3, -0.25) is 0 Å². The molecular weight excluding hydrogens is 402 g/mol. The van der Waals surface area contributed by atoms with Gasteiger partial charge in [-0.15, -0.1) is 0 Å². The molecule has 0 saturated heterocycles. The predicted molar refractivity (Wildman–Crippen MR) is 137 cm³/mol. The molecule has 2 aromatic heterocycles. The summed E-state index contributed by atoms with van der Waals surface area (Å²) in [5.41, 5.74) is 11.0. The van der Waals surface area contributed by atoms with Gasteiger partial charge in [-0.25, -0.2) is 9.97 Å². The van der Waals surface area contributed by atoms with Crippen LogP contribution in [0.2, 0.25) is 0 Å². The number of benzene rings is 3. The molecule has 0 spiro atoms. The van der Waals surface area contributed by atoms with Crippen LogP contribution in [0.15, 0.2) is 72.8 Å². The van der Waals surface area contributed by atoms with Gasteiger partial charge in [0.25, 0.3) is 0 Å². The summed E-state index contributed by atoms with van der Waals surface area (Å²) in [5.74, 6) is 0. The minimum atomic E-state index is -0.00553. The molecule has 3 heteroatoms. The molecule has 2 heterocycles. The zero-order chi connectivity index (χ0) is 23.3. The lowest BCUT2D eigenvalue weighted by Gasteiger charge is -2.22. The highest BCUT2D eigenvalue weighted by atomic mass is 15.0. The Morgan fingerprint density at radius 2 is 1.39 bits per heavy atom. The van der Waals surface area contributed by atoms with Gasteiger partial charge in [0.2, 0.25) is 11.2 Å². The van der Waals surface area contributed by atoms with E-state index in [1.807, 2.05) is 24.3 Å². The Balaban J connectivity index is 1.87. The van der Waals surface area contributed by atoms with E-state index in [9.17, 15) is 0 Å². The molecule has 0 atom stereocenters. The first-order valence-electron chi connectivity index (χ1n) is 11.5. The maximum atomic E-state index is 5.08. The van der Waals surface area contributed by atoms with Crippen molar-refractivity contribution in [1.82, 2.24) is 9.97 Å². The van der Waals surface area contributed by atoms with Crippen molar-refractivity contribution in [3.05, 3.63) is 95.3 Å². The summed E-state index contributed by atoms with van der Waals surface area (Å²) >= 11 is 0. The third-order valence-electron chi connectivity index (χ3n) is 6.52. The minimum absolute atomic E-state index is 0.00553. The molecule has 0 saturated carbocycles. The van der Waals surface area contributed by atoms with Crippen molar-refractivity contribution in [3.63, 3.8) is 0 Å². The van der Waals surface area contributed by atoms with E-state index in [2.05, 4.69) is 94.6 Å². The van der Waals surface area contributed by atoms with Gasteiger partial charge in [-0.05, 0) is 55.2 Å². The summed E-state index contributed by atoms with van der Waals surface area (Å²) in [6, 6.07) is 25.7. The van der Waals surface area contributed by atoms with E-state index in [1.165, 1.54) is 33.4 Å². The van der Waals surface area contributed by atoms with E-state index in [0.717, 1.165) is 28.0 Å². The molecule has 5 rings (SSSR count). The van der Waals surface area contributed by atoms with Crippen molar-refractivity contribution in [1.29, 1.82) is 0 Å². The van der Waals surface area contributed by atoms with E-state index in [0.29, 0.717) is 0 Å². The van der Waals surface area contributed by atoms with Crippen molar-refractivity contribution in [2.75, 3.05) is 0 Å². The third kappa shape index (κ3) is 3.68. The predicted octanol–water partition coefficient (Wildman–Crippen LogP) is 6.95. The molecule has 0 aliphatic carbocycles. The highest BCUT2D eigenvalue weighted by molar-refractivity contribution is 5.81. The van der Waals surface area contributed by atoms with Crippen LogP contribution in [-0.4, -0.2) is 9.97 Å². The number of nitrogens with zero attached hydrogens (tertiary/aromatic N) is 3. The van der Waals surface area contributed by atoms with Gasteiger partial charge in [0, 0.05) is 41.6 Å². The molecule has 0 aliphatic rings. The van der Waals surface area contributed by atoms with Crippen LogP contribution < -0.4 is 4.57 Å². The van der Waals surface area contributed by atoms with Crippen LogP contribution >= 0.6 is 0 Å². The van der Waals surface area contributed by atoms with Crippen molar-refractivity contribution >= 4 is 21.9 Å². The number of hydrogen-bond donors (Lipinski definition) is 0. The summed E-state index contributed by atoms with van der Waals surface area (Å²) in [7, 11) is 0. The molecule has 33 heavy (non-hydrogen) atoms. The van der Waals surface area contributed by atoms with Crippen molar-refractivity contribution in [3.8, 4) is 16.9 Å². The second-order valence-electron chi connectivity index (χ2n) is 9.93. The first-order chi connectivity index (χ1) is 15.7. The topological polar surface area (TPSA) is 29.7 Å². The number of rotatable bonds is 2. The Labute approximate surface area is 195 Å². The van der Waals surface area contributed by atoms with Gasteiger partial charge < -0.3 is 0 Å². The fraction of sp³-hybridized carbons (Fsp3) is 0.233. The summed E-state index contributed by atoms with van der Waals surface area (Å²) in [4.78, 5) is 9.96. The molecule has 0 unspecified atom stereocenters. The smallest absolute Gasteiger partial charge is 0.218 e. The summed E-state index contributed by atoms with van der Waals surface area (Å²) < 4.78 is 2.38. The molecule has 3 aromatic carbocycles. The molecule has 0 aliphatic heterocycles. The lowest BCUT2D eigenvalue weighted by atomic mass is 9.83. The molecule has 0 amide bonds. The second kappa shape index (κ2) is 7.77. The molecular formula is C30H30N3+. The third-order valence-corrected chi connectivity index (χ3v) is 6.52. The van der Waals surface area contributed by atoms with E-state index in [1.54, 1.807) is 0 Å². The summed E-state index contributed by atoms with van der Waals surface area (Å²) in [5, 5.41) is 1.23. The molecule has 164 valence electrons. The van der Waals surface area contributed by atoms with Crippen LogP contribution in [0.3, 0.4) is 0 Å². The van der Waals surface area contributed by atoms with Crippen LogP contribution in [0.5, 0.6) is 0 Å². The van der Waals surface area contributed by atoms with Crippen molar-refractivity contribution < 1.29 is 4.57 Å². The SMILES string of the molecule is Cc1nc2ccccc2nc1-c1cc(C(C)(C)C)cc(-[n+]2c(C)ccc3ccccc32)c1C. The van der Waals surface area contributed by atoms with Crippen LogP contribution in [0.1, 0.15) is 43.3 Å². The maximum absolute atomic E-state index is 5.08. The number of para-hydroxylation sites is 3. The van der Waals surface area contributed by atoms with Crippen LogP contribution in [0.4, 0.5) is 0 Å². The number of hydrogen-bond acceptors (Lipinski definition) is 2. The van der Waals surface area contributed by atoms with Crippen molar-refractivity contribution in [2.24, 2.45) is 0 Å². The van der Waals surface area contributed by atoms with Gasteiger partial charge in [0.15, 0.2) is 5.69 Å². The number of aryl methyl sites for hydroxylation is 2. The molecule has 0 fully saturated rings. The second-order valence-corrected chi connectivity index (χ2v) is 9.93. The Bertz CT molecular complexity index is 1520. The highest BCUT2D eigenvalue weighted by Crippen LogP contribution is 2.34. The van der Waals surface area contributed by atoms with Crippen molar-refractivity contribution in [2.45, 2.75) is 47.0 Å². The Morgan fingerprint density at radius 3 is 2.12 bits per heavy atom. The monoisotopic (exact) mass is 432 g/mol. The average Bonchev–Trinajstić information content (AvgIpc) is 2.78. The van der Waals surface area contributed by atoms with Crippen LogP contribution in [-0.2, 0) is 5.41 Å². The van der Waals surface area contributed by atoms with Gasteiger partial charge in [0.1, 0.15) is 0 Å². The minimum Gasteiger partial charge on any atom is -0.249 e. The quantitative estimate of drug-likeness (QED) is 0.283.